The molecule has 0 aliphatic carbocycles. The first-order valence-electron chi connectivity index (χ1n) is 9.10. The van der Waals surface area contributed by atoms with Crippen molar-refractivity contribution in [3.63, 3.8) is 0 Å². The number of nitrogens with one attached hydrogen (secondary N) is 2. The van der Waals surface area contributed by atoms with E-state index in [1.807, 2.05) is 11.6 Å². The van der Waals surface area contributed by atoms with E-state index in [1.165, 1.54) is 5.56 Å². The predicted octanol–water partition coefficient (Wildman–Crippen LogP) is 3.12. The van der Waals surface area contributed by atoms with Crippen LogP contribution in [-0.4, -0.2) is 34.0 Å². The fraction of sp³-hybridized carbons (Fsp3) is 0.526. The number of carbonyl (C=O) groups is 1. The van der Waals surface area contributed by atoms with Crippen molar-refractivity contribution < 1.29 is 4.79 Å². The van der Waals surface area contributed by atoms with Gasteiger partial charge >= 0.3 is 0 Å². The summed E-state index contributed by atoms with van der Waals surface area (Å²) in [4.78, 5) is 12.7. The second kappa shape index (κ2) is 9.14. The Morgan fingerprint density at radius 2 is 1.92 bits per heavy atom. The minimum Gasteiger partial charge on any atom is -0.344 e. The lowest BCUT2D eigenvalue weighted by Crippen LogP contribution is -2.31. The van der Waals surface area contributed by atoms with Gasteiger partial charge in [-0.15, -0.1) is 17.5 Å². The normalized spacial score (nSPS) is 16.0. The Morgan fingerprint density at radius 3 is 2.54 bits per heavy atom. The Labute approximate surface area is 161 Å². The molecule has 0 saturated carbocycles. The SMILES string of the molecule is CCC(NC(=O)c1nnn(C2CCNCC2)c1C)c1ccc(C)cc1.Cl. The fourth-order valence-corrected chi connectivity index (χ4v) is 3.40. The van der Waals surface area contributed by atoms with Crippen molar-refractivity contribution in [2.75, 3.05) is 13.1 Å². The molecular formula is C19H28ClN5O. The first kappa shape index (κ1) is 20.4. The van der Waals surface area contributed by atoms with Gasteiger partial charge in [-0.1, -0.05) is 42.0 Å². The maximum absolute atomic E-state index is 12.7. The zero-order chi connectivity index (χ0) is 17.8. The molecule has 1 saturated heterocycles. The summed E-state index contributed by atoms with van der Waals surface area (Å²) in [7, 11) is 0. The molecule has 0 bridgehead atoms. The van der Waals surface area contributed by atoms with Crippen molar-refractivity contribution in [2.24, 2.45) is 0 Å². The van der Waals surface area contributed by atoms with Gasteiger partial charge in [0.25, 0.3) is 5.91 Å². The molecule has 0 radical (unpaired) electrons. The van der Waals surface area contributed by atoms with Crippen LogP contribution in [-0.2, 0) is 0 Å². The molecule has 1 atom stereocenters. The number of benzene rings is 1. The molecule has 1 aromatic carbocycles. The molecular weight excluding hydrogens is 350 g/mol. The Bertz CT molecular complexity index is 722. The van der Waals surface area contributed by atoms with Crippen molar-refractivity contribution in [1.82, 2.24) is 25.6 Å². The number of hydrogen-bond acceptors (Lipinski definition) is 4. The highest BCUT2D eigenvalue weighted by molar-refractivity contribution is 5.93. The topological polar surface area (TPSA) is 71.8 Å². The van der Waals surface area contributed by atoms with Gasteiger partial charge in [-0.05, 0) is 51.8 Å². The molecule has 1 aliphatic rings. The number of rotatable bonds is 5. The molecule has 7 heteroatoms. The van der Waals surface area contributed by atoms with Crippen LogP contribution in [0, 0.1) is 13.8 Å². The van der Waals surface area contributed by atoms with E-state index in [4.69, 9.17) is 0 Å². The standard InChI is InChI=1S/C19H27N5O.ClH/c1-4-17(15-7-5-13(2)6-8-15)21-19(25)18-14(3)24(23-22-18)16-9-11-20-12-10-16;/h5-8,16-17,20H,4,9-12H2,1-3H3,(H,21,25);1H. The van der Waals surface area contributed by atoms with Gasteiger partial charge in [0.2, 0.25) is 0 Å². The van der Waals surface area contributed by atoms with E-state index in [0.29, 0.717) is 11.7 Å². The van der Waals surface area contributed by atoms with Crippen molar-refractivity contribution in [3.05, 3.63) is 46.8 Å². The Kier molecular flexibility index (Phi) is 7.17. The summed E-state index contributed by atoms with van der Waals surface area (Å²) >= 11 is 0. The zero-order valence-electron chi connectivity index (χ0n) is 15.7. The fourth-order valence-electron chi connectivity index (χ4n) is 3.40. The van der Waals surface area contributed by atoms with E-state index in [2.05, 4.69) is 59.1 Å². The number of nitrogens with zero attached hydrogens (tertiary/aromatic N) is 3. The molecule has 2 aromatic rings. The van der Waals surface area contributed by atoms with E-state index >= 15 is 0 Å². The Balaban J connectivity index is 0.00000243. The molecule has 2 heterocycles. The van der Waals surface area contributed by atoms with Crippen LogP contribution in [0.5, 0.6) is 0 Å². The molecule has 0 spiro atoms. The smallest absolute Gasteiger partial charge is 0.274 e. The number of piperidine rings is 1. The lowest BCUT2D eigenvalue weighted by atomic mass is 10.0. The van der Waals surface area contributed by atoms with E-state index in [1.54, 1.807) is 0 Å². The molecule has 2 N–H and O–H groups in total. The second-order valence-electron chi connectivity index (χ2n) is 6.79. The molecule has 1 amide bonds. The first-order valence-corrected chi connectivity index (χ1v) is 9.10. The number of aromatic nitrogens is 3. The van der Waals surface area contributed by atoms with E-state index < -0.39 is 0 Å². The average Bonchev–Trinajstić information content (AvgIpc) is 3.02. The van der Waals surface area contributed by atoms with Crippen LogP contribution in [0.15, 0.2) is 24.3 Å². The average molecular weight is 378 g/mol. The third kappa shape index (κ3) is 4.43. The monoisotopic (exact) mass is 377 g/mol. The quantitative estimate of drug-likeness (QED) is 0.839. The number of aryl methyl sites for hydroxylation is 1. The molecule has 142 valence electrons. The number of carbonyl (C=O) groups excluding carboxylic acids is 1. The molecule has 1 unspecified atom stereocenters. The van der Waals surface area contributed by atoms with Crippen molar-refractivity contribution in [1.29, 1.82) is 0 Å². The van der Waals surface area contributed by atoms with Gasteiger partial charge in [0, 0.05) is 0 Å². The van der Waals surface area contributed by atoms with Gasteiger partial charge < -0.3 is 10.6 Å². The zero-order valence-corrected chi connectivity index (χ0v) is 16.5. The van der Waals surface area contributed by atoms with Crippen LogP contribution in [0.3, 0.4) is 0 Å². The third-order valence-corrected chi connectivity index (χ3v) is 4.99. The van der Waals surface area contributed by atoms with Gasteiger partial charge in [-0.2, -0.15) is 0 Å². The van der Waals surface area contributed by atoms with E-state index in [0.717, 1.165) is 43.6 Å². The summed E-state index contributed by atoms with van der Waals surface area (Å²) in [5.41, 5.74) is 3.61. The van der Waals surface area contributed by atoms with E-state index in [-0.39, 0.29) is 24.4 Å². The summed E-state index contributed by atoms with van der Waals surface area (Å²) in [5.74, 6) is -0.148. The maximum Gasteiger partial charge on any atom is 0.274 e. The number of amides is 1. The highest BCUT2D eigenvalue weighted by atomic mass is 35.5. The van der Waals surface area contributed by atoms with Gasteiger partial charge in [-0.3, -0.25) is 4.79 Å². The summed E-state index contributed by atoms with van der Waals surface area (Å²) in [6.45, 7) is 8.03. The van der Waals surface area contributed by atoms with Crippen molar-refractivity contribution in [3.8, 4) is 0 Å². The number of halogens is 1. The molecule has 26 heavy (non-hydrogen) atoms. The molecule has 1 aromatic heterocycles. The van der Waals surface area contributed by atoms with E-state index in [9.17, 15) is 4.79 Å². The van der Waals surface area contributed by atoms with Gasteiger partial charge in [0.15, 0.2) is 5.69 Å². The maximum atomic E-state index is 12.7. The van der Waals surface area contributed by atoms with Crippen LogP contribution in [0.2, 0.25) is 0 Å². The molecule has 6 nitrogen and oxygen atoms in total. The Hall–Kier alpha value is -1.92. The molecule has 1 fully saturated rings. The molecule has 3 rings (SSSR count). The van der Waals surface area contributed by atoms with Crippen LogP contribution in [0.1, 0.15) is 65.6 Å². The van der Waals surface area contributed by atoms with Gasteiger partial charge in [-0.25, -0.2) is 4.68 Å². The van der Waals surface area contributed by atoms with Crippen LogP contribution in [0.4, 0.5) is 0 Å². The summed E-state index contributed by atoms with van der Waals surface area (Å²) in [6, 6.07) is 8.60. The second-order valence-corrected chi connectivity index (χ2v) is 6.79. The minimum absolute atomic E-state index is 0. The first-order chi connectivity index (χ1) is 12.1. The predicted molar refractivity (Wildman–Crippen MR) is 105 cm³/mol. The lowest BCUT2D eigenvalue weighted by Gasteiger charge is -2.23. The molecule has 1 aliphatic heterocycles. The highest BCUT2D eigenvalue weighted by Crippen LogP contribution is 2.22. The lowest BCUT2D eigenvalue weighted by molar-refractivity contribution is 0.0929. The number of hydrogen-bond donors (Lipinski definition) is 2. The van der Waals surface area contributed by atoms with Crippen molar-refractivity contribution in [2.45, 2.75) is 52.1 Å². The summed E-state index contributed by atoms with van der Waals surface area (Å²) < 4.78 is 1.92. The largest absolute Gasteiger partial charge is 0.344 e. The van der Waals surface area contributed by atoms with Crippen molar-refractivity contribution >= 4 is 18.3 Å². The van der Waals surface area contributed by atoms with Crippen LogP contribution in [0.25, 0.3) is 0 Å². The van der Waals surface area contributed by atoms with Gasteiger partial charge in [0.05, 0.1) is 17.8 Å². The van der Waals surface area contributed by atoms with Crippen LogP contribution < -0.4 is 10.6 Å². The van der Waals surface area contributed by atoms with Gasteiger partial charge in [0.1, 0.15) is 0 Å². The van der Waals surface area contributed by atoms with Crippen LogP contribution >= 0.6 is 12.4 Å². The summed E-state index contributed by atoms with van der Waals surface area (Å²) in [6.07, 6.45) is 2.87. The third-order valence-electron chi connectivity index (χ3n) is 4.99. The summed E-state index contributed by atoms with van der Waals surface area (Å²) in [5, 5.41) is 14.9. The Morgan fingerprint density at radius 1 is 1.27 bits per heavy atom. The highest BCUT2D eigenvalue weighted by Gasteiger charge is 2.24. The minimum atomic E-state index is -0.148.